The second-order valence-electron chi connectivity index (χ2n) is 4.07. The van der Waals surface area contributed by atoms with Crippen molar-refractivity contribution in [1.82, 2.24) is 4.98 Å². The van der Waals surface area contributed by atoms with E-state index >= 15 is 0 Å². The number of rotatable bonds is 3. The molecule has 1 atom stereocenters. The highest BCUT2D eigenvalue weighted by Crippen LogP contribution is 2.20. The van der Waals surface area contributed by atoms with Gasteiger partial charge in [0.2, 0.25) is 0 Å². The molecule has 0 saturated heterocycles. The van der Waals surface area contributed by atoms with Gasteiger partial charge in [-0.2, -0.15) is 0 Å². The molecule has 80 valence electrons. The zero-order valence-electron chi connectivity index (χ0n) is 9.16. The molecule has 0 aliphatic carbocycles. The smallest absolute Gasteiger partial charge is 0.195 e. The van der Waals surface area contributed by atoms with E-state index in [4.69, 9.17) is 10.2 Å². The molecular weight excluding hydrogens is 188 g/mol. The Morgan fingerprint density at radius 3 is 2.93 bits per heavy atom. The van der Waals surface area contributed by atoms with E-state index in [0.717, 1.165) is 29.0 Å². The lowest BCUT2D eigenvalue weighted by atomic mass is 10.1. The number of fused-ring (bicyclic) bond motifs is 1. The Hall–Kier alpha value is -1.35. The predicted molar refractivity (Wildman–Crippen MR) is 60.7 cm³/mol. The third-order valence-corrected chi connectivity index (χ3v) is 2.59. The van der Waals surface area contributed by atoms with Gasteiger partial charge in [-0.1, -0.05) is 19.1 Å². The van der Waals surface area contributed by atoms with Crippen LogP contribution < -0.4 is 5.73 Å². The first-order chi connectivity index (χ1) is 7.20. The van der Waals surface area contributed by atoms with E-state index in [2.05, 4.69) is 11.9 Å². The molecule has 0 spiro atoms. The number of aryl methyl sites for hydroxylation is 1. The minimum atomic E-state index is 0.415. The predicted octanol–water partition coefficient (Wildman–Crippen LogP) is 2.27. The summed E-state index contributed by atoms with van der Waals surface area (Å²) in [6, 6.07) is 5.98. The van der Waals surface area contributed by atoms with E-state index in [1.807, 2.05) is 25.1 Å². The first-order valence-corrected chi connectivity index (χ1v) is 5.26. The van der Waals surface area contributed by atoms with Crippen LogP contribution in [0.1, 0.15) is 18.4 Å². The average Bonchev–Trinajstić information content (AvgIpc) is 2.62. The fourth-order valence-electron chi connectivity index (χ4n) is 1.60. The van der Waals surface area contributed by atoms with E-state index in [0.29, 0.717) is 12.5 Å². The lowest BCUT2D eigenvalue weighted by molar-refractivity contribution is 0.468. The molecule has 0 aliphatic heterocycles. The second kappa shape index (κ2) is 4.03. The van der Waals surface area contributed by atoms with Crippen LogP contribution in [0.5, 0.6) is 0 Å². The number of nitrogens with zero attached hydrogens (tertiary/aromatic N) is 1. The molecule has 0 radical (unpaired) electrons. The van der Waals surface area contributed by atoms with Gasteiger partial charge in [-0.25, -0.2) is 4.98 Å². The Labute approximate surface area is 89.3 Å². The van der Waals surface area contributed by atoms with Gasteiger partial charge in [-0.05, 0) is 31.0 Å². The zero-order chi connectivity index (χ0) is 10.8. The highest BCUT2D eigenvalue weighted by molar-refractivity contribution is 5.76. The van der Waals surface area contributed by atoms with Crippen molar-refractivity contribution in [3.63, 3.8) is 0 Å². The number of benzene rings is 1. The Bertz CT molecular complexity index is 462. The van der Waals surface area contributed by atoms with Crippen molar-refractivity contribution in [1.29, 1.82) is 0 Å². The van der Waals surface area contributed by atoms with Gasteiger partial charge < -0.3 is 10.2 Å². The van der Waals surface area contributed by atoms with E-state index in [9.17, 15) is 0 Å². The highest BCUT2D eigenvalue weighted by Gasteiger charge is 2.10. The number of oxazole rings is 1. The summed E-state index contributed by atoms with van der Waals surface area (Å²) in [5, 5.41) is 0. The molecule has 15 heavy (non-hydrogen) atoms. The molecule has 0 amide bonds. The van der Waals surface area contributed by atoms with Crippen molar-refractivity contribution in [2.45, 2.75) is 20.3 Å². The van der Waals surface area contributed by atoms with Crippen molar-refractivity contribution in [3.05, 3.63) is 29.7 Å². The van der Waals surface area contributed by atoms with Crippen LogP contribution in [0.15, 0.2) is 22.6 Å². The molecule has 0 saturated carbocycles. The average molecular weight is 204 g/mol. The lowest BCUT2D eigenvalue weighted by Crippen LogP contribution is -2.13. The molecule has 1 aromatic heterocycles. The second-order valence-corrected chi connectivity index (χ2v) is 4.07. The van der Waals surface area contributed by atoms with Gasteiger partial charge in [0.15, 0.2) is 11.5 Å². The van der Waals surface area contributed by atoms with E-state index in [1.165, 1.54) is 0 Å². The van der Waals surface area contributed by atoms with E-state index < -0.39 is 0 Å². The van der Waals surface area contributed by atoms with E-state index in [-0.39, 0.29) is 0 Å². The Balaban J connectivity index is 2.35. The summed E-state index contributed by atoms with van der Waals surface area (Å²) < 4.78 is 5.65. The van der Waals surface area contributed by atoms with Crippen molar-refractivity contribution in [2.24, 2.45) is 11.7 Å². The molecule has 1 aromatic carbocycles. The van der Waals surface area contributed by atoms with Crippen LogP contribution in [0.3, 0.4) is 0 Å². The molecule has 0 aliphatic rings. The highest BCUT2D eigenvalue weighted by atomic mass is 16.3. The number of hydrogen-bond acceptors (Lipinski definition) is 3. The molecule has 2 rings (SSSR count). The molecule has 2 N–H and O–H groups in total. The van der Waals surface area contributed by atoms with Crippen LogP contribution >= 0.6 is 0 Å². The summed E-state index contributed by atoms with van der Waals surface area (Å²) in [6.45, 7) is 4.81. The molecule has 3 nitrogen and oxygen atoms in total. The minimum absolute atomic E-state index is 0.415. The van der Waals surface area contributed by atoms with Crippen LogP contribution in [-0.4, -0.2) is 11.5 Å². The quantitative estimate of drug-likeness (QED) is 0.834. The third-order valence-electron chi connectivity index (χ3n) is 2.59. The summed E-state index contributed by atoms with van der Waals surface area (Å²) in [6.07, 6.45) is 0.810. The number of nitrogens with two attached hydrogens (primary N) is 1. The molecular formula is C12H16N2O. The molecule has 0 bridgehead atoms. The maximum Gasteiger partial charge on any atom is 0.195 e. The topological polar surface area (TPSA) is 52.0 Å². The SMILES string of the molecule is Cc1cccc2oc(CC(C)CN)nc12. The molecule has 1 heterocycles. The Morgan fingerprint density at radius 1 is 1.47 bits per heavy atom. The standard InChI is InChI=1S/C12H16N2O/c1-8(7-13)6-11-14-12-9(2)4-3-5-10(12)15-11/h3-5,8H,6-7,13H2,1-2H3. The summed E-state index contributed by atoms with van der Waals surface area (Å²) >= 11 is 0. The summed E-state index contributed by atoms with van der Waals surface area (Å²) in [7, 11) is 0. The molecule has 1 unspecified atom stereocenters. The monoisotopic (exact) mass is 204 g/mol. The fraction of sp³-hybridized carbons (Fsp3) is 0.417. The van der Waals surface area contributed by atoms with Gasteiger partial charge in [-0.15, -0.1) is 0 Å². The first kappa shape index (κ1) is 10.2. The normalized spacial score (nSPS) is 13.3. The van der Waals surface area contributed by atoms with Crippen LogP contribution in [0.2, 0.25) is 0 Å². The summed E-state index contributed by atoms with van der Waals surface area (Å²) in [5.74, 6) is 1.20. The zero-order valence-corrected chi connectivity index (χ0v) is 9.16. The van der Waals surface area contributed by atoms with Gasteiger partial charge in [0.05, 0.1) is 0 Å². The van der Waals surface area contributed by atoms with Gasteiger partial charge in [0.25, 0.3) is 0 Å². The van der Waals surface area contributed by atoms with Crippen molar-refractivity contribution in [3.8, 4) is 0 Å². The van der Waals surface area contributed by atoms with Crippen LogP contribution in [0.25, 0.3) is 11.1 Å². The maximum absolute atomic E-state index is 5.65. The third kappa shape index (κ3) is 2.02. The van der Waals surface area contributed by atoms with Gasteiger partial charge >= 0.3 is 0 Å². The van der Waals surface area contributed by atoms with Crippen LogP contribution in [-0.2, 0) is 6.42 Å². The van der Waals surface area contributed by atoms with Crippen LogP contribution in [0.4, 0.5) is 0 Å². The molecule has 2 aromatic rings. The molecule has 3 heteroatoms. The van der Waals surface area contributed by atoms with Gasteiger partial charge in [-0.3, -0.25) is 0 Å². The van der Waals surface area contributed by atoms with Crippen molar-refractivity contribution < 1.29 is 4.42 Å². The largest absolute Gasteiger partial charge is 0.441 e. The number of aromatic nitrogens is 1. The Morgan fingerprint density at radius 2 is 2.27 bits per heavy atom. The number of hydrogen-bond donors (Lipinski definition) is 1. The van der Waals surface area contributed by atoms with Gasteiger partial charge in [0.1, 0.15) is 5.52 Å². The van der Waals surface area contributed by atoms with E-state index in [1.54, 1.807) is 0 Å². The Kier molecular flexibility index (Phi) is 2.73. The lowest BCUT2D eigenvalue weighted by Gasteiger charge is -2.02. The van der Waals surface area contributed by atoms with Crippen molar-refractivity contribution in [2.75, 3.05) is 6.54 Å². The van der Waals surface area contributed by atoms with Crippen LogP contribution in [0, 0.1) is 12.8 Å². The maximum atomic E-state index is 5.65. The van der Waals surface area contributed by atoms with Gasteiger partial charge in [0, 0.05) is 6.42 Å². The van der Waals surface area contributed by atoms with Crippen molar-refractivity contribution >= 4 is 11.1 Å². The first-order valence-electron chi connectivity index (χ1n) is 5.26. The number of para-hydroxylation sites is 1. The molecule has 0 fully saturated rings. The summed E-state index contributed by atoms with van der Waals surface area (Å²) in [4.78, 5) is 4.48. The fourth-order valence-corrected chi connectivity index (χ4v) is 1.60. The minimum Gasteiger partial charge on any atom is -0.441 e. The summed E-state index contributed by atoms with van der Waals surface area (Å²) in [5.41, 5.74) is 8.57.